The first-order chi connectivity index (χ1) is 10.0. The molecule has 4 heteroatoms. The summed E-state index contributed by atoms with van der Waals surface area (Å²) >= 11 is 0. The van der Waals surface area contributed by atoms with E-state index in [1.54, 1.807) is 18.2 Å². The van der Waals surface area contributed by atoms with Gasteiger partial charge < -0.3 is 10.5 Å². The van der Waals surface area contributed by atoms with E-state index in [2.05, 4.69) is 6.07 Å². The zero-order chi connectivity index (χ0) is 15.4. The lowest BCUT2D eigenvalue weighted by Crippen LogP contribution is -2.08. The molecule has 0 aliphatic carbocycles. The Morgan fingerprint density at radius 1 is 1.29 bits per heavy atom. The minimum absolute atomic E-state index is 0.234. The number of aryl methyl sites for hydroxylation is 1. The Hall–Kier alpha value is -2.38. The van der Waals surface area contributed by atoms with Gasteiger partial charge in [0.2, 0.25) is 0 Å². The van der Waals surface area contributed by atoms with Crippen molar-refractivity contribution in [2.45, 2.75) is 26.5 Å². The van der Waals surface area contributed by atoms with Crippen LogP contribution in [0.5, 0.6) is 5.75 Å². The highest BCUT2D eigenvalue weighted by Gasteiger charge is 2.10. The maximum Gasteiger partial charge on any atom is 0.127 e. The van der Waals surface area contributed by atoms with Crippen molar-refractivity contribution in [3.8, 4) is 11.8 Å². The third kappa shape index (κ3) is 3.59. The number of nitrogens with zero attached hydrogens (tertiary/aromatic N) is 1. The second kappa shape index (κ2) is 6.38. The number of hydrogen-bond acceptors (Lipinski definition) is 3. The van der Waals surface area contributed by atoms with Crippen molar-refractivity contribution < 1.29 is 9.13 Å². The summed E-state index contributed by atoms with van der Waals surface area (Å²) in [6.45, 7) is 4.05. The van der Waals surface area contributed by atoms with E-state index >= 15 is 0 Å². The Labute approximate surface area is 123 Å². The van der Waals surface area contributed by atoms with E-state index in [9.17, 15) is 4.39 Å². The summed E-state index contributed by atoms with van der Waals surface area (Å²) in [5.74, 6) is 0.0970. The van der Waals surface area contributed by atoms with Crippen LogP contribution in [0.1, 0.15) is 35.2 Å². The number of ether oxygens (including phenoxy) is 1. The highest BCUT2D eigenvalue weighted by molar-refractivity contribution is 5.39. The summed E-state index contributed by atoms with van der Waals surface area (Å²) in [7, 11) is 0. The molecule has 0 spiro atoms. The van der Waals surface area contributed by atoms with Crippen LogP contribution in [-0.4, -0.2) is 0 Å². The summed E-state index contributed by atoms with van der Waals surface area (Å²) in [4.78, 5) is 0. The van der Waals surface area contributed by atoms with Gasteiger partial charge in [0.15, 0.2) is 0 Å². The second-order valence-electron chi connectivity index (χ2n) is 5.01. The Morgan fingerprint density at radius 3 is 2.67 bits per heavy atom. The SMILES string of the molecule is Cc1cc(C#N)ccc1COc1cc(F)ccc1[C@H](C)N. The van der Waals surface area contributed by atoms with Crippen molar-refractivity contribution >= 4 is 0 Å². The number of nitriles is 1. The van der Waals surface area contributed by atoms with Crippen LogP contribution in [0.2, 0.25) is 0 Å². The molecule has 0 aliphatic rings. The molecule has 0 amide bonds. The average molecular weight is 284 g/mol. The topological polar surface area (TPSA) is 59.0 Å². The fourth-order valence-corrected chi connectivity index (χ4v) is 2.09. The Morgan fingerprint density at radius 2 is 2.05 bits per heavy atom. The molecule has 0 aliphatic heterocycles. The van der Waals surface area contributed by atoms with Crippen LogP contribution in [0, 0.1) is 24.1 Å². The normalized spacial score (nSPS) is 11.8. The van der Waals surface area contributed by atoms with E-state index in [1.807, 2.05) is 19.9 Å². The van der Waals surface area contributed by atoms with Gasteiger partial charge in [-0.2, -0.15) is 5.26 Å². The largest absolute Gasteiger partial charge is 0.488 e. The highest BCUT2D eigenvalue weighted by atomic mass is 19.1. The predicted molar refractivity (Wildman–Crippen MR) is 79.2 cm³/mol. The molecule has 0 saturated heterocycles. The van der Waals surface area contributed by atoms with E-state index in [-0.39, 0.29) is 11.9 Å². The number of hydrogen-bond donors (Lipinski definition) is 1. The van der Waals surface area contributed by atoms with Gasteiger partial charge in [-0.05, 0) is 43.2 Å². The minimum atomic E-state index is -0.356. The molecule has 2 N–H and O–H groups in total. The molecule has 0 unspecified atom stereocenters. The molecular formula is C17H17FN2O. The summed E-state index contributed by atoms with van der Waals surface area (Å²) in [6, 6.07) is 11.6. The Bertz CT molecular complexity index is 690. The van der Waals surface area contributed by atoms with Gasteiger partial charge in [-0.25, -0.2) is 4.39 Å². The summed E-state index contributed by atoms with van der Waals surface area (Å²) < 4.78 is 19.1. The monoisotopic (exact) mass is 284 g/mol. The first-order valence-electron chi connectivity index (χ1n) is 6.68. The van der Waals surface area contributed by atoms with E-state index < -0.39 is 0 Å². The molecule has 0 radical (unpaired) electrons. The zero-order valence-electron chi connectivity index (χ0n) is 12.1. The van der Waals surface area contributed by atoms with Crippen LogP contribution < -0.4 is 10.5 Å². The molecule has 2 rings (SSSR count). The molecule has 2 aromatic rings. The van der Waals surface area contributed by atoms with Crippen LogP contribution in [0.4, 0.5) is 4.39 Å². The van der Waals surface area contributed by atoms with Gasteiger partial charge in [-0.1, -0.05) is 12.1 Å². The van der Waals surface area contributed by atoms with Crippen LogP contribution >= 0.6 is 0 Å². The molecule has 0 saturated carbocycles. The average Bonchev–Trinajstić information content (AvgIpc) is 2.45. The summed E-state index contributed by atoms with van der Waals surface area (Å²) in [5, 5.41) is 8.85. The Balaban J connectivity index is 2.20. The van der Waals surface area contributed by atoms with E-state index in [4.69, 9.17) is 15.7 Å². The van der Waals surface area contributed by atoms with Crippen LogP contribution in [-0.2, 0) is 6.61 Å². The van der Waals surface area contributed by atoms with Crippen molar-refractivity contribution in [2.24, 2.45) is 5.73 Å². The maximum absolute atomic E-state index is 13.4. The van der Waals surface area contributed by atoms with Crippen molar-refractivity contribution in [1.82, 2.24) is 0 Å². The molecular weight excluding hydrogens is 267 g/mol. The van der Waals surface area contributed by atoms with E-state index in [0.717, 1.165) is 16.7 Å². The quantitative estimate of drug-likeness (QED) is 0.933. The lowest BCUT2D eigenvalue weighted by molar-refractivity contribution is 0.299. The van der Waals surface area contributed by atoms with Gasteiger partial charge in [-0.3, -0.25) is 0 Å². The summed E-state index contributed by atoms with van der Waals surface area (Å²) in [6.07, 6.45) is 0. The van der Waals surface area contributed by atoms with Gasteiger partial charge >= 0.3 is 0 Å². The van der Waals surface area contributed by atoms with Gasteiger partial charge in [0.25, 0.3) is 0 Å². The number of rotatable bonds is 4. The molecule has 21 heavy (non-hydrogen) atoms. The fourth-order valence-electron chi connectivity index (χ4n) is 2.09. The first kappa shape index (κ1) is 15.0. The Kier molecular flexibility index (Phi) is 4.56. The van der Waals surface area contributed by atoms with Crippen molar-refractivity contribution in [2.75, 3.05) is 0 Å². The molecule has 0 bridgehead atoms. The maximum atomic E-state index is 13.4. The predicted octanol–water partition coefficient (Wildman–Crippen LogP) is 3.60. The molecule has 0 aromatic heterocycles. The molecule has 0 heterocycles. The van der Waals surface area contributed by atoms with Crippen LogP contribution in [0.3, 0.4) is 0 Å². The molecule has 3 nitrogen and oxygen atoms in total. The number of halogens is 1. The molecule has 108 valence electrons. The van der Waals surface area contributed by atoms with Gasteiger partial charge in [-0.15, -0.1) is 0 Å². The van der Waals surface area contributed by atoms with Crippen LogP contribution in [0.25, 0.3) is 0 Å². The smallest absolute Gasteiger partial charge is 0.127 e. The summed E-state index contributed by atoms with van der Waals surface area (Å²) in [5.41, 5.74) is 9.16. The highest BCUT2D eigenvalue weighted by Crippen LogP contribution is 2.26. The van der Waals surface area contributed by atoms with Crippen molar-refractivity contribution in [1.29, 1.82) is 5.26 Å². The first-order valence-corrected chi connectivity index (χ1v) is 6.68. The van der Waals surface area contributed by atoms with Gasteiger partial charge in [0.05, 0.1) is 11.6 Å². The van der Waals surface area contributed by atoms with E-state index in [1.165, 1.54) is 12.1 Å². The van der Waals surface area contributed by atoms with Gasteiger partial charge in [0.1, 0.15) is 18.2 Å². The third-order valence-corrected chi connectivity index (χ3v) is 3.32. The van der Waals surface area contributed by atoms with Crippen LogP contribution in [0.15, 0.2) is 36.4 Å². The fraction of sp³-hybridized carbons (Fsp3) is 0.235. The number of nitrogens with two attached hydrogens (primary N) is 1. The molecule has 0 fully saturated rings. The minimum Gasteiger partial charge on any atom is -0.488 e. The molecule has 2 aromatic carbocycles. The third-order valence-electron chi connectivity index (χ3n) is 3.32. The van der Waals surface area contributed by atoms with E-state index in [0.29, 0.717) is 17.9 Å². The van der Waals surface area contributed by atoms with Crippen molar-refractivity contribution in [3.63, 3.8) is 0 Å². The standard InChI is InChI=1S/C17H17FN2O/c1-11-7-13(9-19)3-4-14(11)10-21-17-8-15(18)5-6-16(17)12(2)20/h3-8,12H,10,20H2,1-2H3/t12-/m0/s1. The van der Waals surface area contributed by atoms with Crippen molar-refractivity contribution in [3.05, 3.63) is 64.5 Å². The zero-order valence-corrected chi connectivity index (χ0v) is 12.1. The molecule has 1 atom stereocenters. The van der Waals surface area contributed by atoms with Gasteiger partial charge in [0, 0.05) is 17.7 Å². The lowest BCUT2D eigenvalue weighted by Gasteiger charge is -2.15. The second-order valence-corrected chi connectivity index (χ2v) is 5.01. The lowest BCUT2D eigenvalue weighted by atomic mass is 10.1. The number of benzene rings is 2.